The van der Waals surface area contributed by atoms with Crippen molar-refractivity contribution < 1.29 is 39.1 Å². The highest BCUT2D eigenvalue weighted by Gasteiger charge is 2.50. The highest BCUT2D eigenvalue weighted by Crippen LogP contribution is 2.31. The first-order valence-electron chi connectivity index (χ1n) is 9.29. The molecule has 1 aromatic rings. The molecule has 9 nitrogen and oxygen atoms in total. The van der Waals surface area contributed by atoms with E-state index in [1.165, 1.54) is 12.1 Å². The molecule has 5 N–H and O–H groups in total. The summed E-state index contributed by atoms with van der Waals surface area (Å²) < 4.78 is 15.1. The normalized spacial score (nSPS) is 26.9. The molecule has 9 heteroatoms. The highest BCUT2D eigenvalue weighted by atomic mass is 16.6. The third kappa shape index (κ3) is 5.69. The first-order valence-corrected chi connectivity index (χ1v) is 9.29. The van der Waals surface area contributed by atoms with E-state index >= 15 is 0 Å². The van der Waals surface area contributed by atoms with Crippen LogP contribution >= 0.6 is 0 Å². The van der Waals surface area contributed by atoms with Crippen LogP contribution in [0.25, 0.3) is 6.08 Å². The van der Waals surface area contributed by atoms with Crippen LogP contribution in [0.3, 0.4) is 0 Å². The summed E-state index contributed by atoms with van der Waals surface area (Å²) in [5, 5.41) is 30.5. The molecular formula is C20H27NO8. The van der Waals surface area contributed by atoms with Crippen molar-refractivity contribution in [3.63, 3.8) is 0 Å². The van der Waals surface area contributed by atoms with Crippen molar-refractivity contribution >= 4 is 18.0 Å². The van der Waals surface area contributed by atoms with Gasteiger partial charge < -0.3 is 35.3 Å². The first kappa shape index (κ1) is 22.7. The Balaban J connectivity index is 2.03. The Hall–Kier alpha value is -2.62. The Morgan fingerprint density at radius 2 is 2.07 bits per heavy atom. The molecule has 29 heavy (non-hydrogen) atoms. The third-order valence-electron chi connectivity index (χ3n) is 4.62. The summed E-state index contributed by atoms with van der Waals surface area (Å²) >= 11 is 0. The van der Waals surface area contributed by atoms with Crippen LogP contribution in [-0.2, 0) is 19.1 Å². The number of carbonyl (C=O) groups excluding carboxylic acids is 2. The molecule has 0 spiro atoms. The smallest absolute Gasteiger partial charge is 0.338 e. The predicted molar refractivity (Wildman–Crippen MR) is 103 cm³/mol. The minimum atomic E-state index is -1.94. The molecule has 1 aromatic carbocycles. The maximum absolute atomic E-state index is 12.1. The Morgan fingerprint density at radius 1 is 1.34 bits per heavy atom. The van der Waals surface area contributed by atoms with Crippen LogP contribution in [0.5, 0.6) is 11.5 Å². The molecular weight excluding hydrogens is 382 g/mol. The summed E-state index contributed by atoms with van der Waals surface area (Å²) in [4.78, 5) is 23.9. The number of methoxy groups -OCH3 is 1. The Bertz CT molecular complexity index is 765. The average molecular weight is 409 g/mol. The van der Waals surface area contributed by atoms with Gasteiger partial charge in [0, 0.05) is 25.0 Å². The van der Waals surface area contributed by atoms with E-state index in [1.54, 1.807) is 12.1 Å². The zero-order valence-corrected chi connectivity index (χ0v) is 16.4. The molecule has 1 aliphatic carbocycles. The van der Waals surface area contributed by atoms with E-state index in [4.69, 9.17) is 15.2 Å². The maximum atomic E-state index is 12.1. The van der Waals surface area contributed by atoms with Gasteiger partial charge in [0.15, 0.2) is 17.1 Å². The minimum absolute atomic E-state index is 0.0641. The third-order valence-corrected chi connectivity index (χ3v) is 4.62. The van der Waals surface area contributed by atoms with E-state index < -0.39 is 35.8 Å². The summed E-state index contributed by atoms with van der Waals surface area (Å²) in [6.07, 6.45) is 0.344. The van der Waals surface area contributed by atoms with Crippen LogP contribution in [0.1, 0.15) is 31.7 Å². The lowest BCUT2D eigenvalue weighted by Crippen LogP contribution is -2.60. The summed E-state index contributed by atoms with van der Waals surface area (Å²) in [6, 6.07) is 3.69. The number of aliphatic hydroxyl groups excluding tert-OH is 1. The Kier molecular flexibility index (Phi) is 7.60. The number of benzene rings is 1. The summed E-state index contributed by atoms with van der Waals surface area (Å²) in [5.74, 6) is -1.43. The van der Waals surface area contributed by atoms with Crippen molar-refractivity contribution in [2.75, 3.05) is 13.7 Å². The number of hydrogen-bond donors (Lipinski definition) is 4. The number of aromatic hydroxyl groups is 1. The van der Waals surface area contributed by atoms with Crippen molar-refractivity contribution in [2.45, 2.75) is 50.0 Å². The number of phenols is 1. The molecule has 2 rings (SSSR count). The lowest BCUT2D eigenvalue weighted by Gasteiger charge is -2.40. The van der Waals surface area contributed by atoms with E-state index in [-0.39, 0.29) is 18.6 Å². The highest BCUT2D eigenvalue weighted by molar-refractivity contribution is 5.87. The van der Waals surface area contributed by atoms with Gasteiger partial charge in [0.05, 0.1) is 13.7 Å². The summed E-state index contributed by atoms with van der Waals surface area (Å²) in [7, 11) is 1.12. The number of ether oxygens (including phenoxy) is 3. The number of carbonyl (C=O) groups is 2. The van der Waals surface area contributed by atoms with Crippen LogP contribution in [-0.4, -0.2) is 64.8 Å². The van der Waals surface area contributed by atoms with Crippen LogP contribution in [0, 0.1) is 0 Å². The minimum Gasteiger partial charge on any atom is -0.504 e. The maximum Gasteiger partial charge on any atom is 0.338 e. The lowest BCUT2D eigenvalue weighted by atomic mass is 9.78. The molecule has 1 aliphatic rings. The van der Waals surface area contributed by atoms with Crippen molar-refractivity contribution in [3.05, 3.63) is 29.8 Å². The predicted octanol–water partition coefficient (Wildman–Crippen LogP) is 0.492. The number of aliphatic hydroxyl groups is 2. The van der Waals surface area contributed by atoms with Crippen LogP contribution in [0.4, 0.5) is 0 Å². The molecule has 1 saturated carbocycles. The van der Waals surface area contributed by atoms with Gasteiger partial charge in [-0.2, -0.15) is 0 Å². The van der Waals surface area contributed by atoms with E-state index in [9.17, 15) is 24.9 Å². The molecule has 0 radical (unpaired) electrons. The molecule has 0 heterocycles. The van der Waals surface area contributed by atoms with E-state index in [0.29, 0.717) is 17.9 Å². The fourth-order valence-electron chi connectivity index (χ4n) is 3.12. The SMILES string of the molecule is CCCOc1ccc(/C=C/C(=O)O[C@@H]2C[C@](O)(C(=O)OC)C[C@H](N)[C@H]2O)cc1O. The van der Waals surface area contributed by atoms with Crippen LogP contribution < -0.4 is 10.5 Å². The van der Waals surface area contributed by atoms with Gasteiger partial charge in [-0.3, -0.25) is 0 Å². The van der Waals surface area contributed by atoms with Gasteiger partial charge in [0.1, 0.15) is 12.2 Å². The fraction of sp³-hybridized carbons (Fsp3) is 0.500. The van der Waals surface area contributed by atoms with E-state index in [0.717, 1.165) is 19.6 Å². The molecule has 0 amide bonds. The number of phenolic OH excluding ortho intramolecular Hbond substituents is 1. The number of nitrogens with two attached hydrogens (primary N) is 1. The van der Waals surface area contributed by atoms with Crippen molar-refractivity contribution in [3.8, 4) is 11.5 Å². The van der Waals surface area contributed by atoms with Gasteiger partial charge in [0.25, 0.3) is 0 Å². The van der Waals surface area contributed by atoms with Crippen molar-refractivity contribution in [1.29, 1.82) is 0 Å². The van der Waals surface area contributed by atoms with Crippen molar-refractivity contribution in [2.24, 2.45) is 5.73 Å². The molecule has 160 valence electrons. The largest absolute Gasteiger partial charge is 0.504 e. The molecule has 0 aliphatic heterocycles. The quantitative estimate of drug-likeness (QED) is 0.373. The van der Waals surface area contributed by atoms with Gasteiger partial charge in [-0.05, 0) is 30.2 Å². The average Bonchev–Trinajstić information content (AvgIpc) is 2.68. The van der Waals surface area contributed by atoms with Crippen LogP contribution in [0.15, 0.2) is 24.3 Å². The zero-order valence-electron chi connectivity index (χ0n) is 16.4. The van der Waals surface area contributed by atoms with Gasteiger partial charge >= 0.3 is 11.9 Å². The Morgan fingerprint density at radius 3 is 2.69 bits per heavy atom. The van der Waals surface area contributed by atoms with Gasteiger partial charge in [0.2, 0.25) is 0 Å². The number of rotatable bonds is 7. The molecule has 1 fully saturated rings. The second kappa shape index (κ2) is 9.73. The Labute approximate surface area is 168 Å². The first-order chi connectivity index (χ1) is 13.7. The van der Waals surface area contributed by atoms with Crippen LogP contribution in [0.2, 0.25) is 0 Å². The topological polar surface area (TPSA) is 149 Å². The second-order valence-corrected chi connectivity index (χ2v) is 6.97. The van der Waals surface area contributed by atoms with Gasteiger partial charge in [-0.25, -0.2) is 9.59 Å². The molecule has 0 aromatic heterocycles. The lowest BCUT2D eigenvalue weighted by molar-refractivity contribution is -0.184. The number of esters is 2. The number of hydrogen-bond acceptors (Lipinski definition) is 9. The molecule has 0 unspecified atom stereocenters. The van der Waals surface area contributed by atoms with Crippen molar-refractivity contribution in [1.82, 2.24) is 0 Å². The second-order valence-electron chi connectivity index (χ2n) is 6.97. The zero-order chi connectivity index (χ0) is 21.6. The fourth-order valence-corrected chi connectivity index (χ4v) is 3.12. The molecule has 0 saturated heterocycles. The monoisotopic (exact) mass is 409 g/mol. The molecule has 0 bridgehead atoms. The van der Waals surface area contributed by atoms with Gasteiger partial charge in [-0.1, -0.05) is 13.0 Å². The molecule has 4 atom stereocenters. The van der Waals surface area contributed by atoms with E-state index in [2.05, 4.69) is 4.74 Å². The standard InChI is InChI=1S/C20H27NO8/c1-3-8-28-15-6-4-12(9-14(15)22)5-7-17(23)29-16-11-20(26,19(25)27-2)10-13(21)18(16)24/h4-7,9,13,16,18,22,24,26H,3,8,10-11,21H2,1-2H3/b7-5+/t13-,16+,18+,20-/m0/s1. The summed E-state index contributed by atoms with van der Waals surface area (Å²) in [6.45, 7) is 2.42. The van der Waals surface area contributed by atoms with Gasteiger partial charge in [-0.15, -0.1) is 0 Å². The van der Waals surface area contributed by atoms with E-state index in [1.807, 2.05) is 6.92 Å². The summed E-state index contributed by atoms with van der Waals surface area (Å²) in [5.41, 5.74) is 4.36.